The number of methoxy groups -OCH3 is 4. The number of benzene rings is 2. The van der Waals surface area contributed by atoms with Gasteiger partial charge >= 0.3 is 11.9 Å². The summed E-state index contributed by atoms with van der Waals surface area (Å²) in [5.41, 5.74) is 2.27. The Morgan fingerprint density at radius 2 is 1.36 bits per heavy atom. The second kappa shape index (κ2) is 15.4. The summed E-state index contributed by atoms with van der Waals surface area (Å²) >= 11 is 0. The number of likely N-dealkylation sites (N-methyl/N-ethyl adjacent to an activating group) is 1. The third-order valence-corrected chi connectivity index (χ3v) is 6.45. The molecule has 1 aliphatic rings. The van der Waals surface area contributed by atoms with E-state index >= 15 is 0 Å². The van der Waals surface area contributed by atoms with E-state index < -0.39 is 11.9 Å². The maximum atomic E-state index is 13.1. The number of piperidine rings is 1. The maximum absolute atomic E-state index is 13.1. The van der Waals surface area contributed by atoms with Crippen molar-refractivity contribution in [2.45, 2.75) is 25.8 Å². The molecule has 0 saturated carbocycles. The predicted octanol–water partition coefficient (Wildman–Crippen LogP) is 2.79. The number of hydrogen-bond acceptors (Lipinski definition) is 8. The zero-order valence-electron chi connectivity index (χ0n) is 23.1. The first-order valence-corrected chi connectivity index (χ1v) is 12.5. The van der Waals surface area contributed by atoms with E-state index in [0.717, 1.165) is 61.5 Å². The molecule has 2 aromatic rings. The van der Waals surface area contributed by atoms with Gasteiger partial charge < -0.3 is 34.1 Å². The van der Waals surface area contributed by atoms with Gasteiger partial charge in [0.25, 0.3) is 0 Å². The predicted molar refractivity (Wildman–Crippen MR) is 144 cm³/mol. The summed E-state index contributed by atoms with van der Waals surface area (Å²) in [6.07, 6.45) is 2.72. The van der Waals surface area contributed by atoms with Crippen LogP contribution in [0.4, 0.5) is 0 Å². The molecule has 11 heteroatoms. The van der Waals surface area contributed by atoms with E-state index in [0.29, 0.717) is 18.0 Å². The molecule has 0 aliphatic carbocycles. The van der Waals surface area contributed by atoms with Crippen molar-refractivity contribution in [2.75, 3.05) is 55.1 Å². The third-order valence-electron chi connectivity index (χ3n) is 6.45. The first-order chi connectivity index (χ1) is 18.6. The van der Waals surface area contributed by atoms with Crippen LogP contribution in [0.1, 0.15) is 24.0 Å². The number of carbonyl (C=O) groups is 3. The number of carbonyl (C=O) groups excluding carboxylic acids is 1. The highest BCUT2D eigenvalue weighted by Gasteiger charge is 2.28. The number of ether oxygens (including phenoxy) is 4. The number of nitrogens with zero attached hydrogens (tertiary/aromatic N) is 2. The Hall–Kier alpha value is -3.99. The van der Waals surface area contributed by atoms with Crippen molar-refractivity contribution in [1.82, 2.24) is 9.80 Å². The monoisotopic (exact) mass is 546 g/mol. The van der Waals surface area contributed by atoms with Gasteiger partial charge in [0, 0.05) is 26.7 Å². The van der Waals surface area contributed by atoms with Gasteiger partial charge in [0.05, 0.1) is 34.4 Å². The normalized spacial score (nSPS) is 14.8. The average Bonchev–Trinajstić information content (AvgIpc) is 2.95. The van der Waals surface area contributed by atoms with Crippen LogP contribution in [0, 0.1) is 5.92 Å². The molecule has 39 heavy (non-hydrogen) atoms. The molecule has 1 atom stereocenters. The Labute approximate surface area is 228 Å². The van der Waals surface area contributed by atoms with E-state index in [2.05, 4.69) is 11.0 Å². The van der Waals surface area contributed by atoms with Crippen molar-refractivity contribution in [3.63, 3.8) is 0 Å². The fourth-order valence-electron chi connectivity index (χ4n) is 4.39. The smallest absolute Gasteiger partial charge is 0.414 e. The molecule has 1 aliphatic heterocycles. The lowest BCUT2D eigenvalue weighted by atomic mass is 9.96. The van der Waals surface area contributed by atoms with Crippen LogP contribution in [0.25, 0.3) is 0 Å². The van der Waals surface area contributed by atoms with Crippen LogP contribution in [0.2, 0.25) is 0 Å². The molecule has 0 spiro atoms. The Kier molecular flexibility index (Phi) is 12.4. The van der Waals surface area contributed by atoms with E-state index in [1.807, 2.05) is 42.3 Å². The first kappa shape index (κ1) is 31.2. The third kappa shape index (κ3) is 9.36. The molecule has 2 N–H and O–H groups in total. The molecule has 0 aromatic heterocycles. The Bertz CT molecular complexity index is 1110. The van der Waals surface area contributed by atoms with Gasteiger partial charge in [-0.15, -0.1) is 0 Å². The van der Waals surface area contributed by atoms with E-state index in [-0.39, 0.29) is 11.8 Å². The van der Waals surface area contributed by atoms with Crippen molar-refractivity contribution < 1.29 is 43.5 Å². The Morgan fingerprint density at radius 3 is 1.87 bits per heavy atom. The van der Waals surface area contributed by atoms with Crippen LogP contribution in [-0.2, 0) is 27.3 Å². The summed E-state index contributed by atoms with van der Waals surface area (Å²) in [7, 11) is 8.45. The molecular weight excluding hydrogens is 508 g/mol. The average molecular weight is 547 g/mol. The molecule has 214 valence electrons. The lowest BCUT2D eigenvalue weighted by Gasteiger charge is -2.34. The lowest BCUT2D eigenvalue weighted by Crippen LogP contribution is -2.43. The highest BCUT2D eigenvalue weighted by atomic mass is 16.5. The minimum atomic E-state index is -1.82. The molecule has 0 radical (unpaired) electrons. The van der Waals surface area contributed by atoms with E-state index in [4.69, 9.17) is 38.7 Å². The number of carboxylic acid groups (broad SMARTS) is 2. The van der Waals surface area contributed by atoms with Crippen LogP contribution in [-0.4, -0.2) is 93.0 Å². The fourth-order valence-corrected chi connectivity index (χ4v) is 4.39. The molecular formula is C28H38N2O9. The Balaban J connectivity index is 0.000000798. The molecule has 0 bridgehead atoms. The van der Waals surface area contributed by atoms with Crippen LogP contribution in [0.5, 0.6) is 23.0 Å². The van der Waals surface area contributed by atoms with Crippen molar-refractivity contribution in [1.29, 1.82) is 0 Å². The van der Waals surface area contributed by atoms with Crippen molar-refractivity contribution in [2.24, 2.45) is 5.92 Å². The van der Waals surface area contributed by atoms with Crippen LogP contribution >= 0.6 is 0 Å². The minimum Gasteiger partial charge on any atom is -0.493 e. The van der Waals surface area contributed by atoms with Crippen molar-refractivity contribution in [3.8, 4) is 23.0 Å². The summed E-state index contributed by atoms with van der Waals surface area (Å²) in [5, 5.41) is 14.8. The largest absolute Gasteiger partial charge is 0.493 e. The minimum absolute atomic E-state index is 0.0225. The first-order valence-electron chi connectivity index (χ1n) is 12.5. The number of rotatable bonds is 10. The highest BCUT2D eigenvalue weighted by molar-refractivity contribution is 6.27. The van der Waals surface area contributed by atoms with Gasteiger partial charge in [0.1, 0.15) is 0 Å². The summed E-state index contributed by atoms with van der Waals surface area (Å²) in [4.78, 5) is 35.6. The van der Waals surface area contributed by atoms with E-state index in [9.17, 15) is 4.79 Å². The van der Waals surface area contributed by atoms with Gasteiger partial charge in [-0.3, -0.25) is 9.69 Å². The Morgan fingerprint density at radius 1 is 0.846 bits per heavy atom. The molecule has 1 fully saturated rings. The number of carboxylic acids is 2. The van der Waals surface area contributed by atoms with E-state index in [1.165, 1.54) is 0 Å². The number of hydrogen-bond donors (Lipinski definition) is 2. The van der Waals surface area contributed by atoms with E-state index in [1.54, 1.807) is 28.4 Å². The van der Waals surface area contributed by atoms with Gasteiger partial charge in [-0.25, -0.2) is 9.59 Å². The number of aliphatic carboxylic acids is 2. The van der Waals surface area contributed by atoms with Gasteiger partial charge in [-0.2, -0.15) is 0 Å². The van der Waals surface area contributed by atoms with Gasteiger partial charge in [0.15, 0.2) is 23.0 Å². The van der Waals surface area contributed by atoms with Gasteiger partial charge in [-0.1, -0.05) is 12.1 Å². The highest BCUT2D eigenvalue weighted by Crippen LogP contribution is 2.30. The molecule has 1 unspecified atom stereocenters. The van der Waals surface area contributed by atoms with Gasteiger partial charge in [-0.05, 0) is 61.2 Å². The summed E-state index contributed by atoms with van der Waals surface area (Å²) in [5.74, 6) is -0.533. The summed E-state index contributed by atoms with van der Waals surface area (Å²) in [6, 6.07) is 11.9. The molecule has 1 heterocycles. The van der Waals surface area contributed by atoms with Crippen molar-refractivity contribution in [3.05, 3.63) is 47.5 Å². The zero-order chi connectivity index (χ0) is 28.9. The van der Waals surface area contributed by atoms with Crippen molar-refractivity contribution >= 4 is 17.8 Å². The SMILES string of the molecule is COc1ccc(CCN(C)C(=O)C2CCCN(Cc3ccc(OC)c(OC)c3)C2)cc1OC.O=C(O)C(=O)O. The second-order valence-electron chi connectivity index (χ2n) is 9.07. The van der Waals surface area contributed by atoms with Crippen LogP contribution in [0.3, 0.4) is 0 Å². The fraction of sp³-hybridized carbons (Fsp3) is 0.464. The second-order valence-corrected chi connectivity index (χ2v) is 9.07. The van der Waals surface area contributed by atoms with Crippen LogP contribution < -0.4 is 18.9 Å². The lowest BCUT2D eigenvalue weighted by molar-refractivity contribution is -0.159. The quantitative estimate of drug-likeness (QED) is 0.428. The van der Waals surface area contributed by atoms with Gasteiger partial charge in [0.2, 0.25) is 5.91 Å². The maximum Gasteiger partial charge on any atom is 0.414 e. The summed E-state index contributed by atoms with van der Waals surface area (Å²) in [6.45, 7) is 3.22. The zero-order valence-corrected chi connectivity index (χ0v) is 23.1. The topological polar surface area (TPSA) is 135 Å². The summed E-state index contributed by atoms with van der Waals surface area (Å²) < 4.78 is 21.5. The molecule has 1 amide bonds. The molecule has 2 aromatic carbocycles. The molecule has 11 nitrogen and oxygen atoms in total. The number of amides is 1. The molecule has 1 saturated heterocycles. The number of likely N-dealkylation sites (tertiary alicyclic amines) is 1. The van der Waals surface area contributed by atoms with Crippen LogP contribution in [0.15, 0.2) is 36.4 Å². The molecule has 3 rings (SSSR count). The standard InChI is InChI=1S/C26H36N2O5.C2H2O4/c1-27(14-12-19-8-10-22(30-2)24(15-19)32-4)26(29)21-7-6-13-28(18-21)17-20-9-11-23(31-3)25(16-20)33-5;3-1(4)2(5)6/h8-11,15-16,21H,6-7,12-14,17-18H2,1-5H3;(H,3,4)(H,5,6).